The van der Waals surface area contributed by atoms with Gasteiger partial charge >= 0.3 is 12.1 Å². The summed E-state index contributed by atoms with van der Waals surface area (Å²) in [6.07, 6.45) is 0.317. The highest BCUT2D eigenvalue weighted by Gasteiger charge is 2.32. The highest BCUT2D eigenvalue weighted by atomic mass is 16.6. The second-order valence-corrected chi connectivity index (χ2v) is 6.21. The lowest BCUT2D eigenvalue weighted by molar-refractivity contribution is -0.143. The predicted octanol–water partition coefficient (Wildman–Crippen LogP) is 3.59. The lowest BCUT2D eigenvalue weighted by atomic mass is 10.1. The summed E-state index contributed by atoms with van der Waals surface area (Å²) in [5, 5.41) is 0. The van der Waals surface area contributed by atoms with Crippen molar-refractivity contribution < 1.29 is 23.8 Å². The van der Waals surface area contributed by atoms with Crippen LogP contribution < -0.4 is 9.64 Å². The molecule has 0 aliphatic carbocycles. The third-order valence-electron chi connectivity index (χ3n) is 4.22. The van der Waals surface area contributed by atoms with E-state index in [1.165, 1.54) is 0 Å². The summed E-state index contributed by atoms with van der Waals surface area (Å²) in [5.41, 5.74) is 1.86. The van der Waals surface area contributed by atoms with E-state index in [1.54, 1.807) is 11.8 Å². The van der Waals surface area contributed by atoms with E-state index in [9.17, 15) is 9.59 Å². The van der Waals surface area contributed by atoms with E-state index in [1.807, 2.05) is 54.6 Å². The number of aryl methyl sites for hydroxylation is 1. The molecule has 2 aromatic rings. The Bertz CT molecular complexity index is 760. The highest BCUT2D eigenvalue weighted by molar-refractivity contribution is 5.89. The molecular weight excluding hydrogens is 346 g/mol. The molecule has 0 spiro atoms. The molecule has 0 N–H and O–H groups in total. The molecule has 27 heavy (non-hydrogen) atoms. The maximum absolute atomic E-state index is 12.0. The van der Waals surface area contributed by atoms with Crippen LogP contribution in [-0.2, 0) is 20.7 Å². The molecule has 1 saturated heterocycles. The summed E-state index contributed by atoms with van der Waals surface area (Å²) in [7, 11) is 0. The van der Waals surface area contributed by atoms with E-state index < -0.39 is 0 Å². The fraction of sp³-hybridized carbons (Fsp3) is 0.333. The minimum atomic E-state index is -0.357. The summed E-state index contributed by atoms with van der Waals surface area (Å²) in [5.74, 6) is 0.507. The summed E-state index contributed by atoms with van der Waals surface area (Å²) < 4.78 is 16.0. The summed E-state index contributed by atoms with van der Waals surface area (Å²) in [6, 6.07) is 17.0. The Hall–Kier alpha value is -3.02. The topological polar surface area (TPSA) is 65.1 Å². The monoisotopic (exact) mass is 369 g/mol. The molecule has 142 valence electrons. The highest BCUT2D eigenvalue weighted by Crippen LogP contribution is 2.22. The Kier molecular flexibility index (Phi) is 6.30. The SMILES string of the molecule is CCOC(=O)CCc1ccc(OCC2CN(c3ccccc3)C(=O)O2)cc1. The van der Waals surface area contributed by atoms with Crippen LogP contribution in [0.1, 0.15) is 18.9 Å². The molecule has 0 saturated carbocycles. The zero-order chi connectivity index (χ0) is 19.1. The van der Waals surface area contributed by atoms with Gasteiger partial charge in [-0.15, -0.1) is 0 Å². The molecular formula is C21H23NO5. The van der Waals surface area contributed by atoms with Crippen LogP contribution in [0, 0.1) is 0 Å². The molecule has 1 fully saturated rings. The molecule has 3 rings (SSSR count). The predicted molar refractivity (Wildman–Crippen MR) is 101 cm³/mol. The van der Waals surface area contributed by atoms with Crippen molar-refractivity contribution in [2.75, 3.05) is 24.7 Å². The van der Waals surface area contributed by atoms with E-state index in [-0.39, 0.29) is 24.8 Å². The van der Waals surface area contributed by atoms with Crippen LogP contribution in [0.5, 0.6) is 5.75 Å². The van der Waals surface area contributed by atoms with Crippen molar-refractivity contribution in [1.29, 1.82) is 0 Å². The number of carbonyl (C=O) groups is 2. The van der Waals surface area contributed by atoms with Crippen LogP contribution in [0.2, 0.25) is 0 Å². The number of anilines is 1. The lowest BCUT2D eigenvalue weighted by Gasteiger charge is -2.13. The van der Waals surface area contributed by atoms with Gasteiger partial charge in [0.15, 0.2) is 6.10 Å². The zero-order valence-corrected chi connectivity index (χ0v) is 15.3. The first kappa shape index (κ1) is 18.8. The van der Waals surface area contributed by atoms with Crippen molar-refractivity contribution in [2.24, 2.45) is 0 Å². The minimum absolute atomic E-state index is 0.191. The molecule has 1 aliphatic rings. The van der Waals surface area contributed by atoms with Crippen LogP contribution in [-0.4, -0.2) is 37.9 Å². The second-order valence-electron chi connectivity index (χ2n) is 6.21. The van der Waals surface area contributed by atoms with Gasteiger partial charge in [-0.25, -0.2) is 4.79 Å². The van der Waals surface area contributed by atoms with Crippen molar-refractivity contribution in [3.63, 3.8) is 0 Å². The van der Waals surface area contributed by atoms with Gasteiger partial charge in [-0.05, 0) is 43.2 Å². The number of esters is 1. The Balaban J connectivity index is 1.46. The quantitative estimate of drug-likeness (QED) is 0.666. The number of ether oxygens (including phenoxy) is 3. The van der Waals surface area contributed by atoms with E-state index in [0.29, 0.717) is 31.7 Å². The van der Waals surface area contributed by atoms with Crippen molar-refractivity contribution in [1.82, 2.24) is 0 Å². The smallest absolute Gasteiger partial charge is 0.414 e. The van der Waals surface area contributed by atoms with Gasteiger partial charge in [0, 0.05) is 12.1 Å². The van der Waals surface area contributed by atoms with Gasteiger partial charge in [0.1, 0.15) is 12.4 Å². The number of nitrogens with zero attached hydrogens (tertiary/aromatic N) is 1. The largest absolute Gasteiger partial charge is 0.490 e. The molecule has 6 heteroatoms. The average Bonchev–Trinajstić information content (AvgIpc) is 3.07. The maximum atomic E-state index is 12.0. The molecule has 1 aliphatic heterocycles. The molecule has 2 aromatic carbocycles. The van der Waals surface area contributed by atoms with Gasteiger partial charge in [-0.2, -0.15) is 0 Å². The molecule has 1 heterocycles. The fourth-order valence-corrected chi connectivity index (χ4v) is 2.85. The van der Waals surface area contributed by atoms with Gasteiger partial charge in [-0.3, -0.25) is 9.69 Å². The first-order valence-corrected chi connectivity index (χ1v) is 9.06. The van der Waals surface area contributed by atoms with E-state index >= 15 is 0 Å². The summed E-state index contributed by atoms with van der Waals surface area (Å²) in [4.78, 5) is 25.0. The van der Waals surface area contributed by atoms with E-state index in [0.717, 1.165) is 11.3 Å². The second kappa shape index (κ2) is 9.07. The number of rotatable bonds is 8. The Labute approximate surface area is 158 Å². The van der Waals surface area contributed by atoms with Gasteiger partial charge in [0.05, 0.1) is 13.2 Å². The number of amides is 1. The first-order chi connectivity index (χ1) is 13.2. The van der Waals surface area contributed by atoms with Crippen molar-refractivity contribution >= 4 is 17.7 Å². The molecule has 1 amide bonds. The van der Waals surface area contributed by atoms with Crippen molar-refractivity contribution in [3.05, 3.63) is 60.2 Å². The summed E-state index contributed by atoms with van der Waals surface area (Å²) >= 11 is 0. The van der Waals surface area contributed by atoms with Crippen LogP contribution >= 0.6 is 0 Å². The van der Waals surface area contributed by atoms with Crippen molar-refractivity contribution in [3.8, 4) is 5.75 Å². The van der Waals surface area contributed by atoms with Gasteiger partial charge in [0.2, 0.25) is 0 Å². The van der Waals surface area contributed by atoms with Crippen LogP contribution in [0.25, 0.3) is 0 Å². The number of benzene rings is 2. The Morgan fingerprint density at radius 3 is 2.59 bits per heavy atom. The Morgan fingerprint density at radius 2 is 1.89 bits per heavy atom. The molecule has 6 nitrogen and oxygen atoms in total. The van der Waals surface area contributed by atoms with Crippen LogP contribution in [0.3, 0.4) is 0 Å². The fourth-order valence-electron chi connectivity index (χ4n) is 2.85. The lowest BCUT2D eigenvalue weighted by Crippen LogP contribution is -2.26. The number of carbonyl (C=O) groups excluding carboxylic acids is 2. The molecule has 1 unspecified atom stereocenters. The Morgan fingerprint density at radius 1 is 1.15 bits per heavy atom. The average molecular weight is 369 g/mol. The van der Waals surface area contributed by atoms with Gasteiger partial charge in [-0.1, -0.05) is 30.3 Å². The minimum Gasteiger partial charge on any atom is -0.490 e. The number of hydrogen-bond donors (Lipinski definition) is 0. The molecule has 0 bridgehead atoms. The van der Waals surface area contributed by atoms with Crippen molar-refractivity contribution in [2.45, 2.75) is 25.9 Å². The third-order valence-corrected chi connectivity index (χ3v) is 4.22. The van der Waals surface area contributed by atoms with Crippen LogP contribution in [0.4, 0.5) is 10.5 Å². The maximum Gasteiger partial charge on any atom is 0.414 e. The number of para-hydroxylation sites is 1. The number of cyclic esters (lactones) is 1. The summed E-state index contributed by atoms with van der Waals surface area (Å²) in [6.45, 7) is 2.95. The standard InChI is InChI=1S/C21H23NO5/c1-2-25-20(23)13-10-16-8-11-18(12-9-16)26-15-19-14-22(21(24)27-19)17-6-4-3-5-7-17/h3-9,11-12,19H,2,10,13-15H2,1H3. The van der Waals surface area contributed by atoms with Crippen LogP contribution in [0.15, 0.2) is 54.6 Å². The molecule has 1 atom stereocenters. The normalized spacial score (nSPS) is 16.1. The first-order valence-electron chi connectivity index (χ1n) is 9.06. The van der Waals surface area contributed by atoms with Gasteiger partial charge in [0.25, 0.3) is 0 Å². The van der Waals surface area contributed by atoms with E-state index in [4.69, 9.17) is 14.2 Å². The number of hydrogen-bond acceptors (Lipinski definition) is 5. The molecule has 0 aromatic heterocycles. The zero-order valence-electron chi connectivity index (χ0n) is 15.3. The molecule has 0 radical (unpaired) electrons. The third kappa shape index (κ3) is 5.23. The van der Waals surface area contributed by atoms with E-state index in [2.05, 4.69) is 0 Å². The van der Waals surface area contributed by atoms with Gasteiger partial charge < -0.3 is 14.2 Å².